The Morgan fingerprint density at radius 3 is 1.00 bits per heavy atom. The fraction of sp³-hybridized carbons (Fsp3) is 0. The molecule has 0 N–H and O–H groups in total. The lowest BCUT2D eigenvalue weighted by molar-refractivity contribution is 0.531. The quantitative estimate of drug-likeness (QED) is 0.269. The molecular weight excluding hydrogens is 441 g/mol. The molecule has 3 aromatic heterocycles. The van der Waals surface area contributed by atoms with Crippen LogP contribution in [0.2, 0.25) is 0 Å². The van der Waals surface area contributed by atoms with E-state index in [1.54, 1.807) is 52.5 Å². The second kappa shape index (κ2) is 9.08. The van der Waals surface area contributed by atoms with Crippen LogP contribution in [0.4, 0.5) is 13.2 Å². The van der Waals surface area contributed by atoms with Crippen molar-refractivity contribution in [3.8, 4) is 35.5 Å². The van der Waals surface area contributed by atoms with Crippen molar-refractivity contribution in [2.75, 3.05) is 0 Å². The SMILES string of the molecule is Fc1c(C#Cc2cccs2)c(F)c(C#Cc2cccs2)c(F)c1C#Cc1cccs1. The van der Waals surface area contributed by atoms with E-state index in [9.17, 15) is 0 Å². The second-order valence-electron chi connectivity index (χ2n) is 5.75. The second-order valence-corrected chi connectivity index (χ2v) is 8.59. The third-order valence-corrected chi connectivity index (χ3v) is 6.17. The van der Waals surface area contributed by atoms with Crippen LogP contribution in [0.3, 0.4) is 0 Å². The first-order valence-electron chi connectivity index (χ1n) is 8.50. The van der Waals surface area contributed by atoms with Gasteiger partial charge in [0, 0.05) is 0 Å². The zero-order chi connectivity index (χ0) is 20.9. The summed E-state index contributed by atoms with van der Waals surface area (Å²) in [4.78, 5) is 1.90. The third kappa shape index (κ3) is 4.35. The Morgan fingerprint density at radius 2 is 0.767 bits per heavy atom. The monoisotopic (exact) mass is 450 g/mol. The zero-order valence-electron chi connectivity index (χ0n) is 15.1. The molecule has 1 aromatic carbocycles. The molecule has 0 unspecified atom stereocenters. The predicted molar refractivity (Wildman–Crippen MR) is 117 cm³/mol. The highest BCUT2D eigenvalue weighted by atomic mass is 32.1. The molecule has 144 valence electrons. The van der Waals surface area contributed by atoms with Crippen LogP contribution in [0.25, 0.3) is 0 Å². The molecule has 0 spiro atoms. The van der Waals surface area contributed by atoms with Crippen molar-refractivity contribution in [1.82, 2.24) is 0 Å². The minimum absolute atomic E-state index is 0.546. The molecule has 0 radical (unpaired) electrons. The lowest BCUT2D eigenvalue weighted by Gasteiger charge is -2.06. The third-order valence-electron chi connectivity index (χ3n) is 3.81. The standard InChI is InChI=1S/C24H9F3S3/c25-22-19(10-7-16-4-1-13-28-16)23(26)21(12-9-18-6-3-15-30-18)24(27)20(22)11-8-17-5-2-14-29-17/h1-6,13-15H. The van der Waals surface area contributed by atoms with Crippen LogP contribution in [-0.4, -0.2) is 0 Å². The number of thiophene rings is 3. The van der Waals surface area contributed by atoms with Gasteiger partial charge < -0.3 is 0 Å². The molecule has 0 saturated carbocycles. The molecule has 0 amide bonds. The molecule has 0 aliphatic rings. The minimum Gasteiger partial charge on any atom is -0.204 e. The summed E-state index contributed by atoms with van der Waals surface area (Å²) in [6.45, 7) is 0. The van der Waals surface area contributed by atoms with E-state index in [0.717, 1.165) is 0 Å². The Balaban J connectivity index is 1.90. The van der Waals surface area contributed by atoms with Crippen LogP contribution in [0, 0.1) is 53.0 Å². The van der Waals surface area contributed by atoms with Gasteiger partial charge in [-0.1, -0.05) is 53.7 Å². The molecule has 0 bridgehead atoms. The Hall–Kier alpha value is -3.21. The normalized spacial score (nSPS) is 9.70. The van der Waals surface area contributed by atoms with Crippen molar-refractivity contribution in [2.24, 2.45) is 0 Å². The summed E-state index contributed by atoms with van der Waals surface area (Å²) in [5.41, 5.74) is -1.64. The highest BCUT2D eigenvalue weighted by Crippen LogP contribution is 2.25. The van der Waals surface area contributed by atoms with Crippen molar-refractivity contribution in [3.05, 3.63) is 101 Å². The highest BCUT2D eigenvalue weighted by molar-refractivity contribution is 7.11. The Labute approximate surface area is 183 Å². The Kier molecular flexibility index (Phi) is 6.07. The maximum absolute atomic E-state index is 15.0. The zero-order valence-corrected chi connectivity index (χ0v) is 17.5. The molecule has 0 atom stereocenters. The minimum atomic E-state index is -1.13. The van der Waals surface area contributed by atoms with Gasteiger partial charge in [0.05, 0.1) is 31.3 Å². The van der Waals surface area contributed by atoms with Crippen LogP contribution in [0.1, 0.15) is 31.3 Å². The molecule has 6 heteroatoms. The van der Waals surface area contributed by atoms with E-state index in [1.807, 2.05) is 0 Å². The summed E-state index contributed by atoms with van der Waals surface area (Å²) in [6.07, 6.45) is 0. The highest BCUT2D eigenvalue weighted by Gasteiger charge is 2.22. The van der Waals surface area contributed by atoms with Crippen molar-refractivity contribution in [3.63, 3.8) is 0 Å². The van der Waals surface area contributed by atoms with Gasteiger partial charge in [-0.15, -0.1) is 34.0 Å². The summed E-state index contributed by atoms with van der Waals surface area (Å²) >= 11 is 4.01. The topological polar surface area (TPSA) is 0 Å². The summed E-state index contributed by atoms with van der Waals surface area (Å²) in [6, 6.07) is 10.5. The van der Waals surface area contributed by atoms with E-state index in [0.29, 0.717) is 14.6 Å². The summed E-state index contributed by atoms with van der Waals surface area (Å²) in [5, 5.41) is 5.41. The van der Waals surface area contributed by atoms with Crippen LogP contribution < -0.4 is 0 Å². The molecule has 0 saturated heterocycles. The maximum atomic E-state index is 15.0. The molecule has 30 heavy (non-hydrogen) atoms. The van der Waals surface area contributed by atoms with Crippen molar-refractivity contribution in [2.45, 2.75) is 0 Å². The van der Waals surface area contributed by atoms with Gasteiger partial charge in [-0.25, -0.2) is 13.2 Å². The van der Waals surface area contributed by atoms with E-state index in [4.69, 9.17) is 0 Å². The Bertz CT molecular complexity index is 1170. The van der Waals surface area contributed by atoms with Gasteiger partial charge in [-0.3, -0.25) is 0 Å². The van der Waals surface area contributed by atoms with Gasteiger partial charge in [0.2, 0.25) is 0 Å². The molecule has 0 aliphatic heterocycles. The lowest BCUT2D eigenvalue weighted by Crippen LogP contribution is -2.04. The van der Waals surface area contributed by atoms with Gasteiger partial charge in [-0.2, -0.15) is 0 Å². The number of benzene rings is 1. The van der Waals surface area contributed by atoms with Crippen LogP contribution >= 0.6 is 34.0 Å². The summed E-state index contributed by atoms with van der Waals surface area (Å²) in [5.74, 6) is 12.2. The van der Waals surface area contributed by atoms with Gasteiger partial charge >= 0.3 is 0 Å². The fourth-order valence-corrected chi connectivity index (χ4v) is 4.13. The molecule has 4 aromatic rings. The average Bonchev–Trinajstić information content (AvgIpc) is 3.51. The number of hydrogen-bond donors (Lipinski definition) is 0. The first kappa shape index (κ1) is 20.1. The van der Waals surface area contributed by atoms with Gasteiger partial charge in [-0.05, 0) is 34.3 Å². The summed E-state index contributed by atoms with van der Waals surface area (Å²) < 4.78 is 45.1. The molecule has 0 aliphatic carbocycles. The largest absolute Gasteiger partial charge is 0.204 e. The van der Waals surface area contributed by atoms with Gasteiger partial charge in [0.1, 0.15) is 0 Å². The molecule has 0 nitrogen and oxygen atoms in total. The number of hydrogen-bond acceptors (Lipinski definition) is 3. The van der Waals surface area contributed by atoms with E-state index in [-0.39, 0.29) is 0 Å². The van der Waals surface area contributed by atoms with Crippen LogP contribution in [0.5, 0.6) is 0 Å². The Morgan fingerprint density at radius 1 is 0.467 bits per heavy atom. The molecule has 3 heterocycles. The first-order chi connectivity index (χ1) is 14.6. The van der Waals surface area contributed by atoms with Crippen LogP contribution in [0.15, 0.2) is 52.5 Å². The lowest BCUT2D eigenvalue weighted by atomic mass is 10.0. The smallest absolute Gasteiger partial charge is 0.160 e. The fourth-order valence-electron chi connectivity index (χ4n) is 2.41. The van der Waals surface area contributed by atoms with E-state index in [1.165, 1.54) is 34.0 Å². The van der Waals surface area contributed by atoms with Crippen molar-refractivity contribution < 1.29 is 13.2 Å². The van der Waals surface area contributed by atoms with Gasteiger partial charge in [0.25, 0.3) is 0 Å². The molecule has 0 fully saturated rings. The van der Waals surface area contributed by atoms with Crippen LogP contribution in [-0.2, 0) is 0 Å². The van der Waals surface area contributed by atoms with Gasteiger partial charge in [0.15, 0.2) is 17.5 Å². The predicted octanol–water partition coefficient (Wildman–Crippen LogP) is 6.49. The van der Waals surface area contributed by atoms with Crippen molar-refractivity contribution in [1.29, 1.82) is 0 Å². The first-order valence-corrected chi connectivity index (χ1v) is 11.1. The maximum Gasteiger partial charge on any atom is 0.160 e. The molecule has 4 rings (SSSR count). The van der Waals surface area contributed by atoms with E-state index >= 15 is 13.2 Å². The number of rotatable bonds is 0. The van der Waals surface area contributed by atoms with E-state index < -0.39 is 34.1 Å². The van der Waals surface area contributed by atoms with Crippen molar-refractivity contribution >= 4 is 34.0 Å². The molecular formula is C24H9F3S3. The summed E-state index contributed by atoms with van der Waals surface area (Å²) in [7, 11) is 0. The average molecular weight is 451 g/mol. The van der Waals surface area contributed by atoms with E-state index in [2.05, 4.69) is 35.5 Å². The number of halogens is 3.